The van der Waals surface area contributed by atoms with Crippen molar-refractivity contribution in [1.82, 2.24) is 15.3 Å². The van der Waals surface area contributed by atoms with E-state index in [0.29, 0.717) is 44.8 Å². The molecule has 0 saturated heterocycles. The molecule has 178 valence electrons. The van der Waals surface area contributed by atoms with Crippen molar-refractivity contribution < 1.29 is 19.0 Å². The Balaban J connectivity index is 1.60. The average molecular weight is 492 g/mol. The first kappa shape index (κ1) is 23.8. The number of pyridine rings is 2. The number of amides is 1. The molecule has 0 spiro atoms. The molecule has 0 radical (unpaired) electrons. The van der Waals surface area contributed by atoms with Crippen molar-refractivity contribution in [3.63, 3.8) is 0 Å². The minimum absolute atomic E-state index is 0.0983. The second-order valence-corrected chi connectivity index (χ2v) is 7.72. The van der Waals surface area contributed by atoms with Crippen LogP contribution in [0.5, 0.6) is 23.0 Å². The fraction of sp³-hybridized carbons (Fsp3) is 0.120. The Labute approximate surface area is 206 Å². The molecule has 1 amide bonds. The summed E-state index contributed by atoms with van der Waals surface area (Å²) in [6.45, 7) is 0. The molecule has 35 heavy (non-hydrogen) atoms. The van der Waals surface area contributed by atoms with Crippen LogP contribution in [-0.2, 0) is 0 Å². The van der Waals surface area contributed by atoms with Crippen molar-refractivity contribution in [1.29, 1.82) is 5.41 Å². The Morgan fingerprint density at radius 3 is 2.40 bits per heavy atom. The van der Waals surface area contributed by atoms with Crippen LogP contribution in [0.2, 0.25) is 5.02 Å². The lowest BCUT2D eigenvalue weighted by atomic mass is 10.1. The monoisotopic (exact) mass is 491 g/mol. The average Bonchev–Trinajstić information content (AvgIpc) is 2.87. The van der Waals surface area contributed by atoms with Crippen LogP contribution in [0, 0.1) is 5.41 Å². The molecule has 4 aromatic rings. The topological polar surface area (TPSA) is 118 Å². The number of carbonyl (C=O) groups is 1. The molecule has 10 heteroatoms. The smallest absolute Gasteiger partial charge is 0.275 e. The number of carbonyl (C=O) groups excluding carboxylic acids is 1. The van der Waals surface area contributed by atoms with Crippen molar-refractivity contribution in [3.05, 3.63) is 77.2 Å². The molecule has 9 nitrogen and oxygen atoms in total. The Morgan fingerprint density at radius 1 is 0.943 bits per heavy atom. The van der Waals surface area contributed by atoms with Crippen molar-refractivity contribution in [2.45, 2.75) is 0 Å². The van der Waals surface area contributed by atoms with Crippen molar-refractivity contribution in [3.8, 4) is 23.0 Å². The lowest BCUT2D eigenvalue weighted by Gasteiger charge is -2.15. The summed E-state index contributed by atoms with van der Waals surface area (Å²) in [7, 11) is 4.85. The number of amidine groups is 1. The highest BCUT2D eigenvalue weighted by atomic mass is 35.5. The standard InChI is InChI=1S/C25H22ClN5O4/c1-28-18-11-15(4-5-16(18)24(27)31-25(32)20-10-14(26)6-8-30-20)35-21-7-9-29-19-13-23(34-3)22(33-2)12-17(19)21/h4-13,28H,1-3H3,(H2,27,31,32). The maximum Gasteiger partial charge on any atom is 0.275 e. The van der Waals surface area contributed by atoms with E-state index in [4.69, 9.17) is 31.2 Å². The van der Waals surface area contributed by atoms with Gasteiger partial charge < -0.3 is 24.8 Å². The highest BCUT2D eigenvalue weighted by molar-refractivity contribution is 6.31. The number of fused-ring (bicyclic) bond motifs is 1. The number of halogens is 1. The van der Waals surface area contributed by atoms with Gasteiger partial charge in [-0.2, -0.15) is 0 Å². The fourth-order valence-corrected chi connectivity index (χ4v) is 3.61. The molecule has 0 atom stereocenters. The second kappa shape index (κ2) is 10.3. The molecular formula is C25H22ClN5O4. The van der Waals surface area contributed by atoms with Gasteiger partial charge in [0, 0.05) is 53.2 Å². The Morgan fingerprint density at radius 2 is 1.69 bits per heavy atom. The maximum atomic E-state index is 12.5. The molecule has 2 heterocycles. The highest BCUT2D eigenvalue weighted by Crippen LogP contribution is 2.37. The van der Waals surface area contributed by atoms with Gasteiger partial charge in [0.15, 0.2) is 11.5 Å². The molecule has 0 bridgehead atoms. The van der Waals surface area contributed by atoms with Gasteiger partial charge in [-0.3, -0.25) is 20.2 Å². The van der Waals surface area contributed by atoms with E-state index in [1.165, 1.54) is 12.3 Å². The van der Waals surface area contributed by atoms with Crippen LogP contribution in [0.3, 0.4) is 0 Å². The molecule has 0 aliphatic heterocycles. The quantitative estimate of drug-likeness (QED) is 0.249. The van der Waals surface area contributed by atoms with Gasteiger partial charge in [-0.25, -0.2) is 0 Å². The molecule has 2 aromatic heterocycles. The Kier molecular flexibility index (Phi) is 6.98. The number of rotatable bonds is 7. The van der Waals surface area contributed by atoms with Crippen molar-refractivity contribution in [2.75, 3.05) is 26.6 Å². The fourth-order valence-electron chi connectivity index (χ4n) is 3.45. The lowest BCUT2D eigenvalue weighted by molar-refractivity contribution is 0.0972. The molecule has 0 aliphatic rings. The van der Waals surface area contributed by atoms with Gasteiger partial charge in [0.25, 0.3) is 5.91 Å². The van der Waals surface area contributed by atoms with Gasteiger partial charge in [-0.05, 0) is 36.4 Å². The van der Waals surface area contributed by atoms with E-state index in [2.05, 4.69) is 20.6 Å². The summed E-state index contributed by atoms with van der Waals surface area (Å²) >= 11 is 5.93. The third-order valence-corrected chi connectivity index (χ3v) is 5.39. The highest BCUT2D eigenvalue weighted by Gasteiger charge is 2.16. The summed E-state index contributed by atoms with van der Waals surface area (Å²) in [5, 5.41) is 15.1. The van der Waals surface area contributed by atoms with Gasteiger partial charge in [0.05, 0.1) is 19.7 Å². The summed E-state index contributed by atoms with van der Waals surface area (Å²) in [5.74, 6) is 1.59. The zero-order valence-electron chi connectivity index (χ0n) is 19.2. The summed E-state index contributed by atoms with van der Waals surface area (Å²) < 4.78 is 16.9. The first-order valence-electron chi connectivity index (χ1n) is 10.5. The number of ether oxygens (including phenoxy) is 3. The maximum absolute atomic E-state index is 12.5. The third-order valence-electron chi connectivity index (χ3n) is 5.16. The molecule has 0 fully saturated rings. The van der Waals surface area contributed by atoms with Gasteiger partial charge in [0.2, 0.25) is 0 Å². The normalized spacial score (nSPS) is 10.5. The summed E-state index contributed by atoms with van der Waals surface area (Å²) in [6, 6.07) is 13.5. The SMILES string of the molecule is CNc1cc(Oc2ccnc3cc(OC)c(OC)cc23)ccc1C(=N)NC(=O)c1cc(Cl)ccn1. The van der Waals surface area contributed by atoms with E-state index in [1.807, 2.05) is 0 Å². The van der Waals surface area contributed by atoms with E-state index < -0.39 is 5.91 Å². The van der Waals surface area contributed by atoms with Gasteiger partial charge in [-0.1, -0.05) is 11.6 Å². The summed E-state index contributed by atoms with van der Waals surface area (Å²) in [4.78, 5) is 20.8. The Bertz CT molecular complexity index is 1430. The van der Waals surface area contributed by atoms with Crippen LogP contribution >= 0.6 is 11.6 Å². The van der Waals surface area contributed by atoms with E-state index >= 15 is 0 Å². The van der Waals surface area contributed by atoms with Crippen LogP contribution in [0.15, 0.2) is 60.9 Å². The molecule has 2 aromatic carbocycles. The summed E-state index contributed by atoms with van der Waals surface area (Å²) in [5.41, 5.74) is 1.86. The first-order valence-corrected chi connectivity index (χ1v) is 10.8. The number of methoxy groups -OCH3 is 2. The Hall–Kier alpha value is -4.37. The largest absolute Gasteiger partial charge is 0.493 e. The molecular weight excluding hydrogens is 470 g/mol. The predicted molar refractivity (Wildman–Crippen MR) is 134 cm³/mol. The van der Waals surface area contributed by atoms with Gasteiger partial charge in [-0.15, -0.1) is 0 Å². The minimum atomic E-state index is -0.535. The van der Waals surface area contributed by atoms with Crippen LogP contribution < -0.4 is 24.8 Å². The van der Waals surface area contributed by atoms with Gasteiger partial charge in [0.1, 0.15) is 23.0 Å². The van der Waals surface area contributed by atoms with Crippen LogP contribution in [0.1, 0.15) is 16.1 Å². The second-order valence-electron chi connectivity index (χ2n) is 7.28. The molecule has 4 rings (SSSR count). The van der Waals surface area contributed by atoms with E-state index in [0.717, 1.165) is 5.39 Å². The number of hydrogen-bond acceptors (Lipinski definition) is 8. The van der Waals surface area contributed by atoms with Crippen molar-refractivity contribution >= 4 is 39.9 Å². The van der Waals surface area contributed by atoms with Crippen LogP contribution in [-0.4, -0.2) is 43.0 Å². The summed E-state index contributed by atoms with van der Waals surface area (Å²) in [6.07, 6.45) is 3.08. The van der Waals surface area contributed by atoms with Crippen molar-refractivity contribution in [2.24, 2.45) is 0 Å². The number of nitrogens with one attached hydrogen (secondary N) is 3. The third kappa shape index (κ3) is 5.10. The zero-order valence-corrected chi connectivity index (χ0v) is 19.9. The van der Waals surface area contributed by atoms with Crippen LogP contribution in [0.25, 0.3) is 10.9 Å². The molecule has 0 aliphatic carbocycles. The molecule has 0 unspecified atom stereocenters. The number of nitrogens with zero attached hydrogens (tertiary/aromatic N) is 2. The number of hydrogen-bond donors (Lipinski definition) is 3. The van der Waals surface area contributed by atoms with E-state index in [-0.39, 0.29) is 11.5 Å². The lowest BCUT2D eigenvalue weighted by Crippen LogP contribution is -2.31. The number of aromatic nitrogens is 2. The van der Waals surface area contributed by atoms with E-state index in [9.17, 15) is 4.79 Å². The van der Waals surface area contributed by atoms with Gasteiger partial charge >= 0.3 is 0 Å². The predicted octanol–water partition coefficient (Wildman–Crippen LogP) is 4.89. The molecule has 0 saturated carbocycles. The van der Waals surface area contributed by atoms with E-state index in [1.54, 1.807) is 69.9 Å². The minimum Gasteiger partial charge on any atom is -0.493 e. The molecule has 3 N–H and O–H groups in total. The number of anilines is 1. The van der Waals surface area contributed by atoms with Crippen LogP contribution in [0.4, 0.5) is 5.69 Å². The first-order chi connectivity index (χ1) is 16.9. The number of benzene rings is 2. The zero-order chi connectivity index (χ0) is 24.9.